The van der Waals surface area contributed by atoms with Gasteiger partial charge in [0.25, 0.3) is 0 Å². The molecule has 0 aromatic heterocycles. The van der Waals surface area contributed by atoms with Crippen molar-refractivity contribution in [2.45, 2.75) is 6.10 Å². The average molecular weight is 265 g/mol. The molecule has 2 aromatic rings. The summed E-state index contributed by atoms with van der Waals surface area (Å²) in [7, 11) is 0. The molecular formula is C17H15NO2. The van der Waals surface area contributed by atoms with Crippen LogP contribution >= 0.6 is 0 Å². The minimum atomic E-state index is -0.0539. The lowest BCUT2D eigenvalue weighted by molar-refractivity contribution is 0.103. The number of benzene rings is 2. The fourth-order valence-corrected chi connectivity index (χ4v) is 2.17. The smallest absolute Gasteiger partial charge is 0.191 e. The molecule has 1 aliphatic rings. The van der Waals surface area contributed by atoms with Gasteiger partial charge in [-0.3, -0.25) is 4.79 Å². The monoisotopic (exact) mass is 265 g/mol. The number of nitrogens with one attached hydrogen (secondary N) is 1. The van der Waals surface area contributed by atoms with Crippen molar-refractivity contribution in [1.29, 1.82) is 0 Å². The topological polar surface area (TPSA) is 38.3 Å². The number of carbonyl (C=O) groups is 1. The second-order valence-electron chi connectivity index (χ2n) is 4.64. The van der Waals surface area contributed by atoms with Crippen LogP contribution in [0.2, 0.25) is 0 Å². The fraction of sp³-hybridized carbons (Fsp3) is 0.118. The van der Waals surface area contributed by atoms with Crippen LogP contribution in [0.25, 0.3) is 0 Å². The van der Waals surface area contributed by atoms with E-state index in [9.17, 15) is 4.79 Å². The molecule has 1 fully saturated rings. The van der Waals surface area contributed by atoms with Crippen LogP contribution in [0.3, 0.4) is 0 Å². The lowest BCUT2D eigenvalue weighted by Crippen LogP contribution is -2.08. The van der Waals surface area contributed by atoms with E-state index < -0.39 is 0 Å². The SMILES string of the molecule is O=C(/C=C1\NCC(c2ccccc2)O1)c1ccccc1. The third-order valence-electron chi connectivity index (χ3n) is 3.22. The highest BCUT2D eigenvalue weighted by Gasteiger charge is 2.22. The summed E-state index contributed by atoms with van der Waals surface area (Å²) in [6, 6.07) is 19.2. The standard InChI is InChI=1S/C17H15NO2/c19-15(13-7-3-1-4-8-13)11-17-18-12-16(20-17)14-9-5-2-6-10-14/h1-11,16,18H,12H2/b17-11+. The molecule has 0 amide bonds. The Balaban J connectivity index is 1.71. The molecule has 1 aliphatic heterocycles. The van der Waals surface area contributed by atoms with Gasteiger partial charge in [-0.15, -0.1) is 0 Å². The molecular weight excluding hydrogens is 250 g/mol. The van der Waals surface area contributed by atoms with E-state index in [0.29, 0.717) is 18.0 Å². The maximum Gasteiger partial charge on any atom is 0.191 e. The first-order valence-corrected chi connectivity index (χ1v) is 6.59. The van der Waals surface area contributed by atoms with E-state index in [-0.39, 0.29) is 11.9 Å². The molecule has 1 atom stereocenters. The second-order valence-corrected chi connectivity index (χ2v) is 4.64. The second kappa shape index (κ2) is 5.61. The number of carbonyl (C=O) groups excluding carboxylic acids is 1. The van der Waals surface area contributed by atoms with Gasteiger partial charge in [0.2, 0.25) is 0 Å². The predicted molar refractivity (Wildman–Crippen MR) is 77.1 cm³/mol. The lowest BCUT2D eigenvalue weighted by Gasteiger charge is -2.08. The first-order chi connectivity index (χ1) is 9.83. The van der Waals surface area contributed by atoms with Crippen LogP contribution < -0.4 is 5.32 Å². The van der Waals surface area contributed by atoms with Gasteiger partial charge in [-0.25, -0.2) is 0 Å². The highest BCUT2D eigenvalue weighted by atomic mass is 16.5. The maximum atomic E-state index is 12.0. The minimum absolute atomic E-state index is 0.0361. The van der Waals surface area contributed by atoms with Crippen molar-refractivity contribution in [1.82, 2.24) is 5.32 Å². The van der Waals surface area contributed by atoms with Gasteiger partial charge in [-0.1, -0.05) is 60.7 Å². The molecule has 3 nitrogen and oxygen atoms in total. The summed E-state index contributed by atoms with van der Waals surface area (Å²) in [6.45, 7) is 0.678. The van der Waals surface area contributed by atoms with Crippen LogP contribution in [-0.2, 0) is 4.74 Å². The first-order valence-electron chi connectivity index (χ1n) is 6.59. The molecule has 2 aromatic carbocycles. The third-order valence-corrected chi connectivity index (χ3v) is 3.22. The van der Waals surface area contributed by atoms with E-state index in [1.807, 2.05) is 48.5 Å². The summed E-state index contributed by atoms with van der Waals surface area (Å²) < 4.78 is 5.77. The van der Waals surface area contributed by atoms with Crippen LogP contribution in [0.5, 0.6) is 0 Å². The lowest BCUT2D eigenvalue weighted by atomic mass is 10.1. The molecule has 1 heterocycles. The van der Waals surface area contributed by atoms with E-state index >= 15 is 0 Å². The van der Waals surface area contributed by atoms with Gasteiger partial charge >= 0.3 is 0 Å². The van der Waals surface area contributed by atoms with Crippen molar-refractivity contribution >= 4 is 5.78 Å². The van der Waals surface area contributed by atoms with E-state index in [1.165, 1.54) is 6.08 Å². The zero-order valence-corrected chi connectivity index (χ0v) is 11.0. The van der Waals surface area contributed by atoms with E-state index in [1.54, 1.807) is 12.1 Å². The van der Waals surface area contributed by atoms with Crippen molar-refractivity contribution in [2.75, 3.05) is 6.54 Å². The van der Waals surface area contributed by atoms with Crippen molar-refractivity contribution in [3.05, 3.63) is 83.7 Å². The van der Waals surface area contributed by atoms with Crippen molar-refractivity contribution < 1.29 is 9.53 Å². The van der Waals surface area contributed by atoms with Gasteiger partial charge in [0.15, 0.2) is 11.7 Å². The zero-order chi connectivity index (χ0) is 13.8. The Morgan fingerprint density at radius 3 is 2.40 bits per heavy atom. The summed E-state index contributed by atoms with van der Waals surface area (Å²) in [5.41, 5.74) is 1.77. The Labute approximate surface area is 117 Å². The number of allylic oxidation sites excluding steroid dienone is 1. The van der Waals surface area contributed by atoms with Gasteiger partial charge in [0.1, 0.15) is 6.10 Å². The van der Waals surface area contributed by atoms with E-state index in [2.05, 4.69) is 5.32 Å². The molecule has 1 N–H and O–H groups in total. The van der Waals surface area contributed by atoms with Gasteiger partial charge in [-0.05, 0) is 5.56 Å². The number of hydrogen-bond donors (Lipinski definition) is 1. The largest absolute Gasteiger partial charge is 0.469 e. The van der Waals surface area contributed by atoms with Crippen molar-refractivity contribution in [3.8, 4) is 0 Å². The molecule has 0 spiro atoms. The van der Waals surface area contributed by atoms with Crippen LogP contribution in [0.15, 0.2) is 72.6 Å². The molecule has 0 radical (unpaired) electrons. The zero-order valence-electron chi connectivity index (χ0n) is 11.0. The third kappa shape index (κ3) is 2.72. The highest BCUT2D eigenvalue weighted by Crippen LogP contribution is 2.24. The quantitative estimate of drug-likeness (QED) is 0.684. The summed E-state index contributed by atoms with van der Waals surface area (Å²) in [5.74, 6) is 0.481. The van der Waals surface area contributed by atoms with Gasteiger partial charge in [0, 0.05) is 11.6 Å². The summed E-state index contributed by atoms with van der Waals surface area (Å²) in [6.07, 6.45) is 1.48. The van der Waals surface area contributed by atoms with E-state index in [4.69, 9.17) is 4.74 Å². The van der Waals surface area contributed by atoms with Crippen LogP contribution in [0, 0.1) is 0 Å². The summed E-state index contributed by atoms with van der Waals surface area (Å²) in [4.78, 5) is 12.0. The van der Waals surface area contributed by atoms with E-state index in [0.717, 1.165) is 5.56 Å². The summed E-state index contributed by atoms with van der Waals surface area (Å²) >= 11 is 0. The highest BCUT2D eigenvalue weighted by molar-refractivity contribution is 6.04. The van der Waals surface area contributed by atoms with Crippen LogP contribution in [0.4, 0.5) is 0 Å². The molecule has 1 saturated heterocycles. The molecule has 0 bridgehead atoms. The Hall–Kier alpha value is -2.55. The van der Waals surface area contributed by atoms with Crippen LogP contribution in [0.1, 0.15) is 22.0 Å². The number of ether oxygens (including phenoxy) is 1. The Morgan fingerprint density at radius 2 is 1.70 bits per heavy atom. The Bertz CT molecular complexity index is 620. The first kappa shape index (κ1) is 12.5. The van der Waals surface area contributed by atoms with Gasteiger partial charge < -0.3 is 10.1 Å². The minimum Gasteiger partial charge on any atom is -0.469 e. The number of ketones is 1. The van der Waals surface area contributed by atoms with Crippen LogP contribution in [-0.4, -0.2) is 12.3 Å². The predicted octanol–water partition coefficient (Wildman–Crippen LogP) is 3.07. The molecule has 1 unspecified atom stereocenters. The molecule has 20 heavy (non-hydrogen) atoms. The van der Waals surface area contributed by atoms with Crippen molar-refractivity contribution in [2.24, 2.45) is 0 Å². The molecule has 0 aliphatic carbocycles. The number of rotatable bonds is 3. The van der Waals surface area contributed by atoms with Crippen molar-refractivity contribution in [3.63, 3.8) is 0 Å². The number of hydrogen-bond acceptors (Lipinski definition) is 3. The molecule has 100 valence electrons. The average Bonchev–Trinajstić information content (AvgIpc) is 2.97. The Kier molecular flexibility index (Phi) is 3.50. The van der Waals surface area contributed by atoms with Gasteiger partial charge in [-0.2, -0.15) is 0 Å². The Morgan fingerprint density at radius 1 is 1.05 bits per heavy atom. The molecule has 0 saturated carbocycles. The van der Waals surface area contributed by atoms with Gasteiger partial charge in [0.05, 0.1) is 6.54 Å². The fourth-order valence-electron chi connectivity index (χ4n) is 2.17. The summed E-state index contributed by atoms with van der Waals surface area (Å²) in [5, 5.41) is 3.12. The molecule has 3 rings (SSSR count). The molecule has 3 heteroatoms. The normalized spacial score (nSPS) is 19.4. The maximum absolute atomic E-state index is 12.0.